The van der Waals surface area contributed by atoms with Crippen LogP contribution in [0, 0.1) is 12.7 Å². The lowest BCUT2D eigenvalue weighted by Gasteiger charge is -2.30. The smallest absolute Gasteiger partial charge is 0.340 e. The van der Waals surface area contributed by atoms with E-state index < -0.39 is 17.6 Å². The molecule has 1 aromatic carbocycles. The maximum absolute atomic E-state index is 15.0. The zero-order valence-electron chi connectivity index (χ0n) is 21.3. The molecule has 39 heavy (non-hydrogen) atoms. The molecule has 7 rings (SSSR count). The maximum atomic E-state index is 15.0. The van der Waals surface area contributed by atoms with Crippen LogP contribution >= 0.6 is 0 Å². The summed E-state index contributed by atoms with van der Waals surface area (Å²) in [4.78, 5) is 43.3. The molecule has 0 bridgehead atoms. The Bertz CT molecular complexity index is 1680. The highest BCUT2D eigenvalue weighted by molar-refractivity contribution is 5.93. The molecule has 3 aliphatic heterocycles. The highest BCUT2D eigenvalue weighted by Crippen LogP contribution is 2.45. The fourth-order valence-corrected chi connectivity index (χ4v) is 6.55. The highest BCUT2D eigenvalue weighted by Gasteiger charge is 2.40. The Morgan fingerprint density at radius 2 is 2.13 bits per heavy atom. The van der Waals surface area contributed by atoms with E-state index in [0.29, 0.717) is 54.9 Å². The van der Waals surface area contributed by atoms with Crippen molar-refractivity contribution < 1.29 is 28.6 Å². The maximum Gasteiger partial charge on any atom is 0.340 e. The standard InChI is InChI=1S/C28H27FN4O6/c1-12-14-3-2-13(8-31-27(37)28(30)4-5-38-11-28)21-16-9-33-20(23(16)32-19(22(14)21)7-18(12)29)6-15-17(25(33)35)10-39-26(36)24(15)34/h6-7,13,24,34H,2-5,8-11,30H2,1H3,(H,31,37). The molecule has 2 aromatic heterocycles. The van der Waals surface area contributed by atoms with E-state index in [0.717, 1.165) is 22.1 Å². The number of pyridine rings is 2. The van der Waals surface area contributed by atoms with Gasteiger partial charge in [-0.05, 0) is 48.9 Å². The van der Waals surface area contributed by atoms with Gasteiger partial charge in [0.2, 0.25) is 5.91 Å². The molecule has 11 heteroatoms. The first kappa shape index (κ1) is 24.4. The summed E-state index contributed by atoms with van der Waals surface area (Å²) in [6.45, 7) is 2.70. The number of carbonyl (C=O) groups excluding carboxylic acids is 2. The van der Waals surface area contributed by atoms with Gasteiger partial charge in [-0.25, -0.2) is 14.2 Å². The van der Waals surface area contributed by atoms with Crippen LogP contribution in [0.25, 0.3) is 22.3 Å². The van der Waals surface area contributed by atoms with Gasteiger partial charge in [-0.3, -0.25) is 9.59 Å². The molecule has 3 aromatic rings. The summed E-state index contributed by atoms with van der Waals surface area (Å²) >= 11 is 0. The number of hydrogen-bond donors (Lipinski definition) is 3. The van der Waals surface area contributed by atoms with Crippen molar-refractivity contribution in [1.82, 2.24) is 14.9 Å². The quantitative estimate of drug-likeness (QED) is 0.333. The van der Waals surface area contributed by atoms with E-state index in [1.165, 1.54) is 6.07 Å². The van der Waals surface area contributed by atoms with Crippen LogP contribution in [0.5, 0.6) is 0 Å². The van der Waals surface area contributed by atoms with E-state index in [1.807, 2.05) is 0 Å². The number of nitrogens with one attached hydrogen (secondary N) is 1. The van der Waals surface area contributed by atoms with Crippen molar-refractivity contribution in [3.63, 3.8) is 0 Å². The Labute approximate surface area is 221 Å². The Hall–Kier alpha value is -3.67. The molecule has 5 heterocycles. The number of amides is 1. The SMILES string of the molecule is Cc1c(F)cc2nc3c(c4c2c1CCC4CNC(=O)C1(N)CCOC1)Cn1c-3cc2c(c1=O)COC(=O)C2O. The third-order valence-corrected chi connectivity index (χ3v) is 8.78. The molecule has 1 fully saturated rings. The molecule has 0 saturated carbocycles. The number of aromatic nitrogens is 2. The number of aliphatic hydroxyl groups excluding tert-OH is 1. The fraction of sp³-hybridized carbons (Fsp3) is 0.429. The van der Waals surface area contributed by atoms with Gasteiger partial charge in [0.15, 0.2) is 6.10 Å². The van der Waals surface area contributed by atoms with Crippen molar-refractivity contribution in [3.05, 3.63) is 61.7 Å². The number of rotatable bonds is 3. The molecule has 4 N–H and O–H groups in total. The molecule has 1 aliphatic carbocycles. The first-order chi connectivity index (χ1) is 18.7. The van der Waals surface area contributed by atoms with Crippen LogP contribution < -0.4 is 16.6 Å². The third kappa shape index (κ3) is 3.43. The first-order valence-corrected chi connectivity index (χ1v) is 13.1. The van der Waals surface area contributed by atoms with Crippen LogP contribution in [0.3, 0.4) is 0 Å². The van der Waals surface area contributed by atoms with Crippen LogP contribution in [0.15, 0.2) is 16.9 Å². The van der Waals surface area contributed by atoms with Gasteiger partial charge in [-0.15, -0.1) is 0 Å². The van der Waals surface area contributed by atoms with Crippen molar-refractivity contribution in [1.29, 1.82) is 0 Å². The van der Waals surface area contributed by atoms with Crippen molar-refractivity contribution in [2.75, 3.05) is 19.8 Å². The minimum absolute atomic E-state index is 0.119. The van der Waals surface area contributed by atoms with Crippen LogP contribution in [0.2, 0.25) is 0 Å². The largest absolute Gasteiger partial charge is 0.458 e. The lowest BCUT2D eigenvalue weighted by molar-refractivity contribution is -0.157. The van der Waals surface area contributed by atoms with E-state index in [2.05, 4.69) is 5.32 Å². The van der Waals surface area contributed by atoms with Gasteiger partial charge in [-0.2, -0.15) is 0 Å². The van der Waals surface area contributed by atoms with Crippen molar-refractivity contribution in [3.8, 4) is 11.4 Å². The summed E-state index contributed by atoms with van der Waals surface area (Å²) < 4.78 is 26.9. The van der Waals surface area contributed by atoms with Gasteiger partial charge in [0, 0.05) is 41.6 Å². The van der Waals surface area contributed by atoms with Gasteiger partial charge in [0.1, 0.15) is 18.0 Å². The van der Waals surface area contributed by atoms with Crippen LogP contribution in [0.4, 0.5) is 4.39 Å². The number of aliphatic hydroxyl groups is 1. The number of ether oxygens (including phenoxy) is 2. The van der Waals surface area contributed by atoms with Crippen LogP contribution in [-0.4, -0.2) is 51.8 Å². The summed E-state index contributed by atoms with van der Waals surface area (Å²) in [7, 11) is 0. The minimum Gasteiger partial charge on any atom is -0.458 e. The predicted octanol–water partition coefficient (Wildman–Crippen LogP) is 1.23. The van der Waals surface area contributed by atoms with E-state index in [9.17, 15) is 23.9 Å². The second-order valence-electron chi connectivity index (χ2n) is 11.0. The number of carbonyl (C=O) groups is 2. The van der Waals surface area contributed by atoms with Gasteiger partial charge in [0.05, 0.1) is 35.6 Å². The lowest BCUT2D eigenvalue weighted by Crippen LogP contribution is -2.55. The number of hydrogen-bond acceptors (Lipinski definition) is 8. The van der Waals surface area contributed by atoms with Gasteiger partial charge < -0.3 is 30.2 Å². The number of nitrogens with zero attached hydrogens (tertiary/aromatic N) is 2. The Balaban J connectivity index is 1.38. The van der Waals surface area contributed by atoms with Gasteiger partial charge in [-0.1, -0.05) is 0 Å². The Morgan fingerprint density at radius 3 is 2.90 bits per heavy atom. The minimum atomic E-state index is -1.56. The molecule has 4 aliphatic rings. The number of fused-ring (bicyclic) bond motifs is 5. The molecule has 0 radical (unpaired) electrons. The fourth-order valence-electron chi connectivity index (χ4n) is 6.55. The molecule has 3 unspecified atom stereocenters. The normalized spacial score (nSPS) is 24.8. The molecule has 1 saturated heterocycles. The van der Waals surface area contributed by atoms with E-state index in [4.69, 9.17) is 20.2 Å². The molecular formula is C28H27FN4O6. The predicted molar refractivity (Wildman–Crippen MR) is 136 cm³/mol. The average Bonchev–Trinajstić information content (AvgIpc) is 3.53. The molecule has 10 nitrogen and oxygen atoms in total. The number of cyclic esters (lactones) is 1. The summed E-state index contributed by atoms with van der Waals surface area (Å²) in [6, 6.07) is 3.03. The van der Waals surface area contributed by atoms with Crippen LogP contribution in [-0.2, 0) is 38.6 Å². The summed E-state index contributed by atoms with van der Waals surface area (Å²) in [5, 5.41) is 14.3. The Kier molecular flexibility index (Phi) is 5.26. The molecule has 202 valence electrons. The zero-order valence-corrected chi connectivity index (χ0v) is 21.3. The van der Waals surface area contributed by atoms with Crippen LogP contribution in [0.1, 0.15) is 58.2 Å². The monoisotopic (exact) mass is 534 g/mol. The second-order valence-corrected chi connectivity index (χ2v) is 11.0. The molecule has 0 spiro atoms. The third-order valence-electron chi connectivity index (χ3n) is 8.78. The summed E-state index contributed by atoms with van der Waals surface area (Å²) in [5.41, 5.74) is 9.92. The molecule has 1 amide bonds. The average molecular weight is 535 g/mol. The van der Waals surface area contributed by atoms with Crippen molar-refractivity contribution in [2.24, 2.45) is 5.73 Å². The Morgan fingerprint density at radius 1 is 1.31 bits per heavy atom. The number of nitrogens with two attached hydrogens (primary N) is 1. The summed E-state index contributed by atoms with van der Waals surface area (Å²) in [6.07, 6.45) is 0.173. The van der Waals surface area contributed by atoms with Crippen molar-refractivity contribution in [2.45, 2.75) is 56.9 Å². The lowest BCUT2D eigenvalue weighted by atomic mass is 9.78. The van der Waals surface area contributed by atoms with E-state index >= 15 is 0 Å². The molecule has 3 atom stereocenters. The number of esters is 1. The van der Waals surface area contributed by atoms with Crippen molar-refractivity contribution >= 4 is 22.8 Å². The van der Waals surface area contributed by atoms with E-state index in [1.54, 1.807) is 17.6 Å². The topological polar surface area (TPSA) is 146 Å². The number of halogens is 1. The highest BCUT2D eigenvalue weighted by atomic mass is 19.1. The second kappa shape index (κ2) is 8.41. The van der Waals surface area contributed by atoms with E-state index in [-0.39, 0.29) is 54.1 Å². The molecular weight excluding hydrogens is 507 g/mol. The number of benzene rings is 1. The number of aryl methyl sites for hydroxylation is 1. The van der Waals surface area contributed by atoms with Gasteiger partial charge >= 0.3 is 5.97 Å². The summed E-state index contributed by atoms with van der Waals surface area (Å²) in [5.74, 6) is -1.55. The zero-order chi connectivity index (χ0) is 27.2. The first-order valence-electron chi connectivity index (χ1n) is 13.1. The van der Waals surface area contributed by atoms with Gasteiger partial charge in [0.25, 0.3) is 5.56 Å².